The second-order valence-corrected chi connectivity index (χ2v) is 8.72. The Morgan fingerprint density at radius 2 is 1.74 bits per heavy atom. The molecule has 1 aliphatic carbocycles. The molecule has 1 aromatic heterocycles. The van der Waals surface area contributed by atoms with Gasteiger partial charge in [0.2, 0.25) is 0 Å². The standard InChI is InChI=1S/C29H25FN2O2/c30-25-17-26-23(18-31-32-26)16-24(25)29(22-13-10-19(11-14-22)12-15-27(33)34)28(21-8-4-5-9-21)20-6-2-1-3-7-20/h1-3,6-7,10-18,21H,4-5,8-9H2,(H,31,32)(H,33,34)/b15-12+,29-28-. The van der Waals surface area contributed by atoms with E-state index < -0.39 is 5.97 Å². The molecule has 0 amide bonds. The molecule has 0 radical (unpaired) electrons. The van der Waals surface area contributed by atoms with E-state index in [2.05, 4.69) is 22.3 Å². The summed E-state index contributed by atoms with van der Waals surface area (Å²) in [6.45, 7) is 0. The molecule has 4 nitrogen and oxygen atoms in total. The number of carboxylic acids is 1. The SMILES string of the molecule is O=C(O)/C=C/c1ccc(/C(=C(\c2ccccc2)C2CCCC2)c2cc3cn[nH]c3cc2F)cc1. The van der Waals surface area contributed by atoms with Gasteiger partial charge >= 0.3 is 5.97 Å². The van der Waals surface area contributed by atoms with Gasteiger partial charge in [0, 0.05) is 23.1 Å². The van der Waals surface area contributed by atoms with Gasteiger partial charge in [0.15, 0.2) is 0 Å². The third kappa shape index (κ3) is 4.42. The molecule has 0 saturated heterocycles. The number of benzene rings is 3. The van der Waals surface area contributed by atoms with Crippen molar-refractivity contribution in [2.45, 2.75) is 25.7 Å². The van der Waals surface area contributed by atoms with Gasteiger partial charge in [-0.05, 0) is 58.7 Å². The van der Waals surface area contributed by atoms with Crippen molar-refractivity contribution in [2.24, 2.45) is 5.92 Å². The third-order valence-electron chi connectivity index (χ3n) is 6.53. The highest BCUT2D eigenvalue weighted by molar-refractivity contribution is 6.01. The lowest BCUT2D eigenvalue weighted by molar-refractivity contribution is -0.131. The summed E-state index contributed by atoms with van der Waals surface area (Å²) < 4.78 is 15.6. The Balaban J connectivity index is 1.76. The number of fused-ring (bicyclic) bond motifs is 1. The normalized spacial score (nSPS) is 15.2. The number of carbonyl (C=O) groups is 1. The van der Waals surface area contributed by atoms with E-state index in [9.17, 15) is 4.79 Å². The van der Waals surface area contributed by atoms with Crippen LogP contribution in [0.1, 0.15) is 47.9 Å². The van der Waals surface area contributed by atoms with Crippen LogP contribution >= 0.6 is 0 Å². The van der Waals surface area contributed by atoms with E-state index in [1.807, 2.05) is 48.5 Å². The summed E-state index contributed by atoms with van der Waals surface area (Å²) >= 11 is 0. The Morgan fingerprint density at radius 1 is 1.00 bits per heavy atom. The quantitative estimate of drug-likeness (QED) is 0.246. The fourth-order valence-corrected chi connectivity index (χ4v) is 4.96. The Bertz CT molecular complexity index is 1380. The van der Waals surface area contributed by atoms with Crippen molar-refractivity contribution in [3.8, 4) is 0 Å². The smallest absolute Gasteiger partial charge is 0.328 e. The zero-order chi connectivity index (χ0) is 23.5. The average Bonchev–Trinajstić information content (AvgIpc) is 3.54. The maximum Gasteiger partial charge on any atom is 0.328 e. The highest BCUT2D eigenvalue weighted by Gasteiger charge is 2.26. The number of rotatable bonds is 6. The lowest BCUT2D eigenvalue weighted by Gasteiger charge is -2.23. The number of aliphatic carboxylic acids is 1. The van der Waals surface area contributed by atoms with Gasteiger partial charge in [-0.2, -0.15) is 5.10 Å². The zero-order valence-corrected chi connectivity index (χ0v) is 18.7. The summed E-state index contributed by atoms with van der Waals surface area (Å²) in [6.07, 6.45) is 8.86. The Morgan fingerprint density at radius 3 is 2.44 bits per heavy atom. The number of aromatic nitrogens is 2. The van der Waals surface area contributed by atoms with Gasteiger partial charge in [-0.3, -0.25) is 5.10 Å². The molecule has 3 aromatic carbocycles. The van der Waals surface area contributed by atoms with E-state index in [1.165, 1.54) is 6.07 Å². The average molecular weight is 453 g/mol. The molecule has 2 N–H and O–H groups in total. The summed E-state index contributed by atoms with van der Waals surface area (Å²) in [5.74, 6) is -0.954. The van der Waals surface area contributed by atoms with E-state index in [1.54, 1.807) is 12.3 Å². The molecular weight excluding hydrogens is 427 g/mol. The van der Waals surface area contributed by atoms with Crippen molar-refractivity contribution in [2.75, 3.05) is 0 Å². The fraction of sp³-hybridized carbons (Fsp3) is 0.172. The second-order valence-electron chi connectivity index (χ2n) is 8.72. The van der Waals surface area contributed by atoms with Crippen molar-refractivity contribution >= 4 is 34.1 Å². The van der Waals surface area contributed by atoms with E-state index >= 15 is 4.39 Å². The van der Waals surface area contributed by atoms with Gasteiger partial charge in [0.25, 0.3) is 0 Å². The molecule has 170 valence electrons. The van der Waals surface area contributed by atoms with Crippen molar-refractivity contribution in [3.05, 3.63) is 107 Å². The number of hydrogen-bond donors (Lipinski definition) is 2. The summed E-state index contributed by atoms with van der Waals surface area (Å²) in [6, 6.07) is 21.3. The summed E-state index contributed by atoms with van der Waals surface area (Å²) in [5.41, 5.74) is 6.04. The number of hydrogen-bond acceptors (Lipinski definition) is 2. The predicted octanol–water partition coefficient (Wildman–Crippen LogP) is 6.95. The number of aromatic amines is 1. The van der Waals surface area contributed by atoms with Crippen LogP contribution in [-0.2, 0) is 4.79 Å². The first-order chi connectivity index (χ1) is 16.6. The molecule has 1 heterocycles. The van der Waals surface area contributed by atoms with Gasteiger partial charge < -0.3 is 5.11 Å². The molecule has 5 heteroatoms. The number of carboxylic acid groups (broad SMARTS) is 1. The number of halogens is 1. The van der Waals surface area contributed by atoms with Gasteiger partial charge in [0.05, 0.1) is 11.7 Å². The number of nitrogens with one attached hydrogen (secondary N) is 1. The molecule has 0 spiro atoms. The molecule has 0 bridgehead atoms. The van der Waals surface area contributed by atoms with E-state index in [-0.39, 0.29) is 5.82 Å². The minimum atomic E-state index is -0.993. The molecule has 1 fully saturated rings. The Kier molecular flexibility index (Phi) is 6.09. The summed E-state index contributed by atoms with van der Waals surface area (Å²) in [5, 5.41) is 16.7. The molecule has 1 aliphatic rings. The van der Waals surface area contributed by atoms with Crippen LogP contribution in [0.2, 0.25) is 0 Å². The lowest BCUT2D eigenvalue weighted by Crippen LogP contribution is -2.05. The first kappa shape index (κ1) is 21.8. The maximum atomic E-state index is 15.6. The van der Waals surface area contributed by atoms with Crippen molar-refractivity contribution in [3.63, 3.8) is 0 Å². The van der Waals surface area contributed by atoms with Crippen LogP contribution in [-0.4, -0.2) is 21.3 Å². The van der Waals surface area contributed by atoms with Gasteiger partial charge in [-0.15, -0.1) is 0 Å². The Hall–Kier alpha value is -3.99. The molecule has 5 rings (SSSR count). The van der Waals surface area contributed by atoms with Gasteiger partial charge in [-0.25, -0.2) is 9.18 Å². The van der Waals surface area contributed by atoms with Crippen LogP contribution < -0.4 is 0 Å². The van der Waals surface area contributed by atoms with Crippen LogP contribution in [0.15, 0.2) is 79.0 Å². The number of nitrogens with zero attached hydrogens (tertiary/aromatic N) is 1. The highest BCUT2D eigenvalue weighted by atomic mass is 19.1. The van der Waals surface area contributed by atoms with Crippen LogP contribution in [0.5, 0.6) is 0 Å². The molecule has 34 heavy (non-hydrogen) atoms. The highest BCUT2D eigenvalue weighted by Crippen LogP contribution is 2.44. The zero-order valence-electron chi connectivity index (χ0n) is 18.7. The Labute approximate surface area is 197 Å². The molecular formula is C29H25FN2O2. The third-order valence-corrected chi connectivity index (χ3v) is 6.53. The monoisotopic (exact) mass is 452 g/mol. The largest absolute Gasteiger partial charge is 0.478 e. The molecule has 1 saturated carbocycles. The van der Waals surface area contributed by atoms with Gasteiger partial charge in [0.1, 0.15) is 5.82 Å². The van der Waals surface area contributed by atoms with Gasteiger partial charge in [-0.1, -0.05) is 67.4 Å². The topological polar surface area (TPSA) is 66.0 Å². The summed E-state index contributed by atoms with van der Waals surface area (Å²) in [7, 11) is 0. The first-order valence-corrected chi connectivity index (χ1v) is 11.5. The molecule has 4 aromatic rings. The van der Waals surface area contributed by atoms with Crippen molar-refractivity contribution in [1.82, 2.24) is 10.2 Å². The molecule has 0 unspecified atom stereocenters. The minimum Gasteiger partial charge on any atom is -0.478 e. The van der Waals surface area contributed by atoms with Crippen molar-refractivity contribution < 1.29 is 14.3 Å². The van der Waals surface area contributed by atoms with Crippen LogP contribution in [0.4, 0.5) is 4.39 Å². The van der Waals surface area contributed by atoms with E-state index in [4.69, 9.17) is 5.11 Å². The minimum absolute atomic E-state index is 0.298. The lowest BCUT2D eigenvalue weighted by atomic mass is 9.81. The number of allylic oxidation sites excluding steroid dienone is 1. The first-order valence-electron chi connectivity index (χ1n) is 11.5. The van der Waals surface area contributed by atoms with Crippen LogP contribution in [0.25, 0.3) is 28.1 Å². The predicted molar refractivity (Wildman–Crippen MR) is 133 cm³/mol. The molecule has 0 atom stereocenters. The summed E-state index contributed by atoms with van der Waals surface area (Å²) in [4.78, 5) is 10.9. The van der Waals surface area contributed by atoms with Crippen LogP contribution in [0, 0.1) is 11.7 Å². The number of H-pyrrole nitrogens is 1. The fourth-order valence-electron chi connectivity index (χ4n) is 4.96. The second kappa shape index (κ2) is 9.48. The van der Waals surface area contributed by atoms with E-state index in [0.717, 1.165) is 65.0 Å². The van der Waals surface area contributed by atoms with E-state index in [0.29, 0.717) is 17.0 Å². The van der Waals surface area contributed by atoms with Crippen molar-refractivity contribution in [1.29, 1.82) is 0 Å². The van der Waals surface area contributed by atoms with Crippen LogP contribution in [0.3, 0.4) is 0 Å². The maximum absolute atomic E-state index is 15.6. The molecule has 0 aliphatic heterocycles.